The van der Waals surface area contributed by atoms with Crippen LogP contribution in [-0.4, -0.2) is 7.11 Å². The molecule has 0 bridgehead atoms. The molecule has 0 radical (unpaired) electrons. The molecule has 3 heteroatoms. The van der Waals surface area contributed by atoms with E-state index in [4.69, 9.17) is 4.74 Å². The maximum absolute atomic E-state index is 12.5. The zero-order valence-corrected chi connectivity index (χ0v) is 23.8. The van der Waals surface area contributed by atoms with Gasteiger partial charge in [-0.3, -0.25) is 0 Å². The van der Waals surface area contributed by atoms with E-state index >= 15 is 0 Å². The third kappa shape index (κ3) is 9.66. The van der Waals surface area contributed by atoms with Crippen molar-refractivity contribution >= 4 is 0 Å². The van der Waals surface area contributed by atoms with Gasteiger partial charge in [0.05, 0.1) is 7.11 Å². The highest BCUT2D eigenvalue weighted by Crippen LogP contribution is 2.39. The van der Waals surface area contributed by atoms with E-state index in [0.717, 1.165) is 48.5 Å². The Morgan fingerprint density at radius 3 is 1.97 bits per heavy atom. The van der Waals surface area contributed by atoms with Gasteiger partial charge in [0, 0.05) is 0 Å². The first-order chi connectivity index (χ1) is 18.9. The van der Waals surface area contributed by atoms with Crippen molar-refractivity contribution in [3.63, 3.8) is 0 Å². The topological polar surface area (TPSA) is 9.23 Å². The van der Waals surface area contributed by atoms with Gasteiger partial charge >= 0.3 is 0 Å². The molecule has 4 aromatic rings. The van der Waals surface area contributed by atoms with Crippen LogP contribution >= 0.6 is 0 Å². The Hall–Kier alpha value is -3.46. The summed E-state index contributed by atoms with van der Waals surface area (Å²) >= 11 is 0. The number of hydrogen-bond acceptors (Lipinski definition) is 1. The summed E-state index contributed by atoms with van der Waals surface area (Å²) in [5.41, 5.74) is 6.57. The third-order valence-electron chi connectivity index (χ3n) is 7.33. The van der Waals surface area contributed by atoms with Gasteiger partial charge in [-0.05, 0) is 108 Å². The molecule has 0 spiro atoms. The van der Waals surface area contributed by atoms with Crippen molar-refractivity contribution in [3.05, 3.63) is 137 Å². The van der Waals surface area contributed by atoms with Gasteiger partial charge in [-0.15, -0.1) is 0 Å². The number of fused-ring (bicyclic) bond motifs is 1. The Bertz CT molecular complexity index is 1270. The van der Waals surface area contributed by atoms with Gasteiger partial charge in [0.15, 0.2) is 0 Å². The number of benzene rings is 4. The highest BCUT2D eigenvalue weighted by molar-refractivity contribution is 5.40. The van der Waals surface area contributed by atoms with Crippen molar-refractivity contribution in [1.82, 2.24) is 0 Å². The average molecular weight is 529 g/mol. The molecular formula is C36H42F2O. The number of rotatable bonds is 6. The Morgan fingerprint density at radius 2 is 1.38 bits per heavy atom. The molecule has 0 aromatic heterocycles. The highest BCUT2D eigenvalue weighted by atomic mass is 19.1. The van der Waals surface area contributed by atoms with E-state index in [1.54, 1.807) is 31.4 Å². The molecule has 1 aliphatic rings. The van der Waals surface area contributed by atoms with Crippen LogP contribution in [0.3, 0.4) is 0 Å². The van der Waals surface area contributed by atoms with Crippen LogP contribution in [0, 0.1) is 17.6 Å². The van der Waals surface area contributed by atoms with Gasteiger partial charge in [0.25, 0.3) is 0 Å². The summed E-state index contributed by atoms with van der Waals surface area (Å²) in [6, 6.07) is 30.9. The lowest BCUT2D eigenvalue weighted by molar-refractivity contribution is 0.392. The van der Waals surface area contributed by atoms with Crippen molar-refractivity contribution < 1.29 is 13.5 Å². The van der Waals surface area contributed by atoms with Gasteiger partial charge in [-0.2, -0.15) is 0 Å². The molecule has 206 valence electrons. The molecule has 1 nitrogen and oxygen atoms in total. The minimum Gasteiger partial charge on any atom is -0.497 e. The van der Waals surface area contributed by atoms with Crippen LogP contribution in [0.2, 0.25) is 0 Å². The molecule has 0 N–H and O–H groups in total. The zero-order chi connectivity index (χ0) is 28.0. The smallest absolute Gasteiger partial charge is 0.123 e. The SMILES string of the molecule is CCCc1cccc(F)c1.CCc1cccc(F)c1.COc1ccc2c(c1)CC[C@H](C)C2Cc1ccccc1. The van der Waals surface area contributed by atoms with E-state index in [1.807, 2.05) is 19.1 Å². The van der Waals surface area contributed by atoms with Crippen LogP contribution in [0.5, 0.6) is 5.75 Å². The predicted molar refractivity (Wildman–Crippen MR) is 160 cm³/mol. The summed E-state index contributed by atoms with van der Waals surface area (Å²) in [5.74, 6) is 2.08. The van der Waals surface area contributed by atoms with Crippen molar-refractivity contribution in [1.29, 1.82) is 0 Å². The Kier molecular flexibility index (Phi) is 12.2. The lowest BCUT2D eigenvalue weighted by atomic mass is 9.73. The van der Waals surface area contributed by atoms with Gasteiger partial charge in [0.1, 0.15) is 17.4 Å². The van der Waals surface area contributed by atoms with Crippen LogP contribution in [0.4, 0.5) is 8.78 Å². The quantitative estimate of drug-likeness (QED) is 0.242. The molecule has 4 aromatic carbocycles. The fourth-order valence-corrected chi connectivity index (χ4v) is 5.10. The summed E-state index contributed by atoms with van der Waals surface area (Å²) in [5, 5.41) is 0. The first-order valence-electron chi connectivity index (χ1n) is 14.1. The summed E-state index contributed by atoms with van der Waals surface area (Å²) in [4.78, 5) is 0. The number of aryl methyl sites for hydroxylation is 3. The minimum absolute atomic E-state index is 0.133. The van der Waals surface area contributed by atoms with E-state index in [2.05, 4.69) is 62.4 Å². The third-order valence-corrected chi connectivity index (χ3v) is 7.33. The van der Waals surface area contributed by atoms with Crippen LogP contribution in [-0.2, 0) is 25.7 Å². The normalized spacial score (nSPS) is 15.6. The fourth-order valence-electron chi connectivity index (χ4n) is 5.10. The van der Waals surface area contributed by atoms with E-state index in [-0.39, 0.29) is 11.6 Å². The highest BCUT2D eigenvalue weighted by Gasteiger charge is 2.26. The number of ether oxygens (including phenoxy) is 1. The maximum atomic E-state index is 12.5. The van der Waals surface area contributed by atoms with Gasteiger partial charge in [0.2, 0.25) is 0 Å². The van der Waals surface area contributed by atoms with Crippen molar-refractivity contribution in [2.24, 2.45) is 5.92 Å². The van der Waals surface area contributed by atoms with Crippen LogP contribution in [0.15, 0.2) is 97.1 Å². The summed E-state index contributed by atoms with van der Waals surface area (Å²) < 4.78 is 30.2. The summed E-state index contributed by atoms with van der Waals surface area (Å²) in [6.07, 6.45) is 6.54. The van der Waals surface area contributed by atoms with Crippen molar-refractivity contribution in [3.8, 4) is 5.75 Å². The monoisotopic (exact) mass is 528 g/mol. The van der Waals surface area contributed by atoms with E-state index in [0.29, 0.717) is 5.92 Å². The molecule has 1 unspecified atom stereocenters. The number of methoxy groups -OCH3 is 1. The zero-order valence-electron chi connectivity index (χ0n) is 23.8. The second-order valence-electron chi connectivity index (χ2n) is 10.2. The number of hydrogen-bond donors (Lipinski definition) is 0. The molecule has 0 amide bonds. The molecule has 2 atom stereocenters. The van der Waals surface area contributed by atoms with E-state index in [1.165, 1.54) is 41.7 Å². The minimum atomic E-state index is -0.144. The molecule has 1 aliphatic carbocycles. The Morgan fingerprint density at radius 1 is 0.744 bits per heavy atom. The Balaban J connectivity index is 0.000000185. The average Bonchev–Trinajstić information content (AvgIpc) is 2.96. The second-order valence-corrected chi connectivity index (χ2v) is 10.2. The maximum Gasteiger partial charge on any atom is 0.123 e. The first kappa shape index (κ1) is 30.1. The molecule has 0 fully saturated rings. The second kappa shape index (κ2) is 15.8. The van der Waals surface area contributed by atoms with Gasteiger partial charge in [-0.25, -0.2) is 8.78 Å². The van der Waals surface area contributed by atoms with Gasteiger partial charge < -0.3 is 4.74 Å². The molecule has 5 rings (SSSR count). The van der Waals surface area contributed by atoms with Crippen molar-refractivity contribution in [2.45, 2.75) is 65.2 Å². The van der Waals surface area contributed by atoms with E-state index in [9.17, 15) is 8.78 Å². The first-order valence-corrected chi connectivity index (χ1v) is 14.1. The van der Waals surface area contributed by atoms with Crippen molar-refractivity contribution in [2.75, 3.05) is 7.11 Å². The fraction of sp³-hybridized carbons (Fsp3) is 0.333. The predicted octanol–water partition coefficient (Wildman–Crippen LogP) is 9.77. The summed E-state index contributed by atoms with van der Waals surface area (Å²) in [6.45, 7) is 6.49. The lowest BCUT2D eigenvalue weighted by Gasteiger charge is -2.32. The molecule has 39 heavy (non-hydrogen) atoms. The van der Waals surface area contributed by atoms with Crippen LogP contribution in [0.1, 0.15) is 67.3 Å². The summed E-state index contributed by atoms with van der Waals surface area (Å²) in [7, 11) is 1.74. The standard InChI is InChI=1S/C19H22O.C9H11F.C8H9F/c1-14-8-9-16-13-17(20-2)10-11-18(16)19(14)12-15-6-4-3-5-7-15;1-2-4-8-5-3-6-9(10)7-8;1-2-7-4-3-5-8(9)6-7/h3-7,10-11,13-14,19H,8-9,12H2,1-2H3;3,5-7H,2,4H2,1H3;3-6H,2H2,1H3/t14-,19?;;/m0../s1. The lowest BCUT2D eigenvalue weighted by Crippen LogP contribution is -2.20. The molecule has 0 saturated carbocycles. The number of halogens is 2. The molecule has 0 heterocycles. The van der Waals surface area contributed by atoms with E-state index < -0.39 is 0 Å². The van der Waals surface area contributed by atoms with Crippen LogP contribution in [0.25, 0.3) is 0 Å². The molecule has 0 aliphatic heterocycles. The van der Waals surface area contributed by atoms with Crippen LogP contribution < -0.4 is 4.74 Å². The molecule has 0 saturated heterocycles. The molecular weight excluding hydrogens is 486 g/mol. The largest absolute Gasteiger partial charge is 0.497 e. The van der Waals surface area contributed by atoms with Gasteiger partial charge in [-0.1, -0.05) is 87.9 Å². The Labute approximate surface area is 233 Å².